The van der Waals surface area contributed by atoms with Crippen LogP contribution in [0.25, 0.3) is 0 Å². The van der Waals surface area contributed by atoms with Crippen LogP contribution in [-0.4, -0.2) is 12.5 Å². The molecule has 3 rings (SSSR count). The van der Waals surface area contributed by atoms with Crippen molar-refractivity contribution in [1.82, 2.24) is 5.32 Å². The number of carbonyl (C=O) groups is 1. The first-order valence-electron chi connectivity index (χ1n) is 7.07. The molecule has 0 aromatic heterocycles. The minimum absolute atomic E-state index is 0.188. The summed E-state index contributed by atoms with van der Waals surface area (Å²) in [6.45, 7) is 0.725. The fourth-order valence-corrected chi connectivity index (χ4v) is 4.14. The lowest BCUT2D eigenvalue weighted by Gasteiger charge is -2.22. The Morgan fingerprint density at radius 3 is 2.75 bits per heavy atom. The second-order valence-corrected chi connectivity index (χ2v) is 6.79. The number of hydrogen-bond acceptors (Lipinski definition) is 2. The van der Waals surface area contributed by atoms with Crippen molar-refractivity contribution in [2.75, 3.05) is 12.3 Å². The van der Waals surface area contributed by atoms with Crippen LogP contribution in [0.3, 0.4) is 0 Å². The molecule has 1 aromatic carbocycles. The third-order valence-electron chi connectivity index (χ3n) is 4.70. The second-order valence-electron chi connectivity index (χ2n) is 6.01. The number of hydrogen-bond donors (Lipinski definition) is 2. The van der Waals surface area contributed by atoms with E-state index in [-0.39, 0.29) is 10.9 Å². The summed E-state index contributed by atoms with van der Waals surface area (Å²) in [6.07, 6.45) is 5.27. The van der Waals surface area contributed by atoms with Crippen molar-refractivity contribution in [1.29, 1.82) is 0 Å². The Morgan fingerprint density at radius 1 is 1.30 bits per heavy atom. The quantitative estimate of drug-likeness (QED) is 0.835. The Morgan fingerprint density at radius 2 is 2.10 bits per heavy atom. The summed E-state index contributed by atoms with van der Waals surface area (Å²) in [7, 11) is 0. The molecule has 0 saturated heterocycles. The van der Waals surface area contributed by atoms with E-state index in [1.54, 1.807) is 12.1 Å². The van der Waals surface area contributed by atoms with E-state index >= 15 is 0 Å². The molecule has 2 fully saturated rings. The smallest absolute Gasteiger partial charge is 0.252 e. The number of fused-ring (bicyclic) bond motifs is 2. The van der Waals surface area contributed by atoms with E-state index in [9.17, 15) is 4.79 Å². The third-order valence-corrected chi connectivity index (χ3v) is 5.51. The molecule has 2 aliphatic carbocycles. The molecule has 0 radical (unpaired) electrons. The predicted octanol–water partition coefficient (Wildman–Crippen LogP) is 3.74. The topological polar surface area (TPSA) is 55.1 Å². The van der Waals surface area contributed by atoms with Gasteiger partial charge in [-0.2, -0.15) is 0 Å². The lowest BCUT2D eigenvalue weighted by molar-refractivity contribution is 0.0942. The number of halogens is 2. The van der Waals surface area contributed by atoms with Gasteiger partial charge in [0, 0.05) is 12.2 Å². The van der Waals surface area contributed by atoms with E-state index in [1.807, 2.05) is 0 Å². The van der Waals surface area contributed by atoms with E-state index < -0.39 is 0 Å². The third kappa shape index (κ3) is 2.61. The summed E-state index contributed by atoms with van der Waals surface area (Å²) in [4.78, 5) is 12.2. The van der Waals surface area contributed by atoms with Crippen LogP contribution in [0.15, 0.2) is 12.1 Å². The average Bonchev–Trinajstić information content (AvgIpc) is 3.02. The van der Waals surface area contributed by atoms with Gasteiger partial charge in [0.15, 0.2) is 0 Å². The first-order valence-corrected chi connectivity index (χ1v) is 7.83. The van der Waals surface area contributed by atoms with E-state index in [1.165, 1.54) is 25.7 Å². The van der Waals surface area contributed by atoms with Gasteiger partial charge in [0.05, 0.1) is 15.6 Å². The van der Waals surface area contributed by atoms with Crippen LogP contribution >= 0.6 is 23.2 Å². The molecule has 0 aliphatic heterocycles. The Labute approximate surface area is 128 Å². The van der Waals surface area contributed by atoms with Gasteiger partial charge in [-0.25, -0.2) is 0 Å². The second kappa shape index (κ2) is 5.45. The summed E-state index contributed by atoms with van der Waals surface area (Å²) in [6, 6.07) is 3.13. The SMILES string of the molecule is Nc1cc(Cl)c(Cl)c(C(=O)NCC2CC3CCC2C3)c1. The molecule has 3 atom stereocenters. The minimum atomic E-state index is -0.188. The standard InChI is InChI=1S/C15H18Cl2N2O/c16-13-6-11(18)5-12(14(13)17)15(20)19-7-10-4-8-1-2-9(10)3-8/h5-6,8-10H,1-4,7,18H2,(H,19,20). The minimum Gasteiger partial charge on any atom is -0.399 e. The highest BCUT2D eigenvalue weighted by Crippen LogP contribution is 2.47. The van der Waals surface area contributed by atoms with Gasteiger partial charge in [-0.1, -0.05) is 29.6 Å². The molecule has 3 nitrogen and oxygen atoms in total. The molecule has 1 aromatic rings. The molecule has 0 heterocycles. The van der Waals surface area contributed by atoms with Gasteiger partial charge in [-0.3, -0.25) is 4.79 Å². The normalized spacial score (nSPS) is 27.8. The molecule has 2 saturated carbocycles. The van der Waals surface area contributed by atoms with Crippen LogP contribution in [0.4, 0.5) is 5.69 Å². The van der Waals surface area contributed by atoms with Crippen molar-refractivity contribution in [3.05, 3.63) is 27.7 Å². The maximum atomic E-state index is 12.2. The summed E-state index contributed by atoms with van der Waals surface area (Å²) >= 11 is 12.0. The number of anilines is 1. The maximum Gasteiger partial charge on any atom is 0.252 e. The fourth-order valence-electron chi connectivity index (χ4n) is 3.72. The molecule has 3 unspecified atom stereocenters. The van der Waals surface area contributed by atoms with Gasteiger partial charge < -0.3 is 11.1 Å². The number of rotatable bonds is 3. The van der Waals surface area contributed by atoms with Gasteiger partial charge >= 0.3 is 0 Å². The highest BCUT2D eigenvalue weighted by atomic mass is 35.5. The molecule has 108 valence electrons. The van der Waals surface area contributed by atoms with E-state index in [0.29, 0.717) is 22.2 Å². The van der Waals surface area contributed by atoms with Gasteiger partial charge in [-0.15, -0.1) is 0 Å². The fraction of sp³-hybridized carbons (Fsp3) is 0.533. The van der Waals surface area contributed by atoms with Crippen LogP contribution in [0, 0.1) is 17.8 Å². The Kier molecular flexibility index (Phi) is 3.83. The van der Waals surface area contributed by atoms with Gasteiger partial charge in [0.1, 0.15) is 0 Å². The highest BCUT2D eigenvalue weighted by molar-refractivity contribution is 6.44. The van der Waals surface area contributed by atoms with Crippen molar-refractivity contribution in [2.45, 2.75) is 25.7 Å². The molecule has 2 bridgehead atoms. The summed E-state index contributed by atoms with van der Waals surface area (Å²) in [5.74, 6) is 2.10. The zero-order chi connectivity index (χ0) is 14.3. The first-order chi connectivity index (χ1) is 9.54. The molecular formula is C15H18Cl2N2O. The Bertz CT molecular complexity index is 547. The van der Waals surface area contributed by atoms with E-state index in [0.717, 1.165) is 18.4 Å². The summed E-state index contributed by atoms with van der Waals surface area (Å²) in [5, 5.41) is 3.57. The van der Waals surface area contributed by atoms with Crippen LogP contribution in [0.1, 0.15) is 36.0 Å². The molecule has 3 N–H and O–H groups in total. The van der Waals surface area contributed by atoms with Gasteiger partial charge in [0.25, 0.3) is 5.91 Å². The zero-order valence-electron chi connectivity index (χ0n) is 11.2. The number of nitrogens with one attached hydrogen (secondary N) is 1. The summed E-state index contributed by atoms with van der Waals surface area (Å²) < 4.78 is 0. The van der Waals surface area contributed by atoms with Crippen LogP contribution in [0.2, 0.25) is 10.0 Å². The highest BCUT2D eigenvalue weighted by Gasteiger charge is 2.39. The molecule has 5 heteroatoms. The van der Waals surface area contributed by atoms with Crippen LogP contribution in [0.5, 0.6) is 0 Å². The number of nitrogens with two attached hydrogens (primary N) is 1. The Balaban J connectivity index is 1.65. The van der Waals surface area contributed by atoms with Crippen molar-refractivity contribution in [2.24, 2.45) is 17.8 Å². The number of benzene rings is 1. The number of carbonyl (C=O) groups excluding carboxylic acids is 1. The molecular weight excluding hydrogens is 295 g/mol. The van der Waals surface area contributed by atoms with Crippen LogP contribution < -0.4 is 11.1 Å². The number of amides is 1. The Hall–Kier alpha value is -0.930. The maximum absolute atomic E-state index is 12.2. The van der Waals surface area contributed by atoms with Crippen molar-refractivity contribution < 1.29 is 4.79 Å². The summed E-state index contributed by atoms with van der Waals surface area (Å²) in [5.41, 5.74) is 6.52. The van der Waals surface area contributed by atoms with E-state index in [4.69, 9.17) is 28.9 Å². The van der Waals surface area contributed by atoms with Gasteiger partial charge in [0.2, 0.25) is 0 Å². The first kappa shape index (κ1) is 14.0. The lowest BCUT2D eigenvalue weighted by atomic mass is 9.89. The molecule has 20 heavy (non-hydrogen) atoms. The molecule has 1 amide bonds. The van der Waals surface area contributed by atoms with Gasteiger partial charge in [-0.05, 0) is 49.1 Å². The van der Waals surface area contributed by atoms with Crippen LogP contribution in [-0.2, 0) is 0 Å². The zero-order valence-corrected chi connectivity index (χ0v) is 12.7. The largest absolute Gasteiger partial charge is 0.399 e. The van der Waals surface area contributed by atoms with Crippen molar-refractivity contribution >= 4 is 34.8 Å². The predicted molar refractivity (Wildman–Crippen MR) is 82.1 cm³/mol. The molecule has 2 aliphatic rings. The van der Waals surface area contributed by atoms with Crippen molar-refractivity contribution in [3.63, 3.8) is 0 Å². The van der Waals surface area contributed by atoms with E-state index in [2.05, 4.69) is 5.32 Å². The number of nitrogen functional groups attached to an aromatic ring is 1. The lowest BCUT2D eigenvalue weighted by Crippen LogP contribution is -2.31. The molecule has 0 spiro atoms. The monoisotopic (exact) mass is 312 g/mol. The van der Waals surface area contributed by atoms with Crippen molar-refractivity contribution in [3.8, 4) is 0 Å². The average molecular weight is 313 g/mol.